The molecule has 0 atom stereocenters. The van der Waals surface area contributed by atoms with Crippen molar-refractivity contribution in [3.8, 4) is 0 Å². The fourth-order valence-electron chi connectivity index (χ4n) is 1.21. The second kappa shape index (κ2) is 7.57. The highest BCUT2D eigenvalue weighted by atomic mass is 35.5. The van der Waals surface area contributed by atoms with Crippen molar-refractivity contribution in [2.75, 3.05) is 26.4 Å². The van der Waals surface area contributed by atoms with Crippen LogP contribution in [-0.2, 0) is 11.3 Å². The lowest BCUT2D eigenvalue weighted by Gasteiger charge is -2.07. The molecule has 0 amide bonds. The van der Waals surface area contributed by atoms with E-state index in [-0.39, 0.29) is 12.4 Å². The smallest absolute Gasteiger partial charge is 0.123 e. The molecule has 1 aromatic rings. The number of aliphatic hydroxyl groups excluding tert-OH is 1. The molecular weight excluding hydrogens is 233 g/mol. The van der Waals surface area contributed by atoms with Crippen LogP contribution in [0.3, 0.4) is 0 Å². The number of ether oxygens (including phenoxy) is 1. The van der Waals surface area contributed by atoms with Gasteiger partial charge >= 0.3 is 0 Å². The maximum Gasteiger partial charge on any atom is 0.123 e. The van der Waals surface area contributed by atoms with Gasteiger partial charge in [0.15, 0.2) is 0 Å². The third-order valence-electron chi connectivity index (χ3n) is 1.98. The SMILES string of the molecule is OCCOCCNCc1cc(F)ccc1Cl. The molecule has 16 heavy (non-hydrogen) atoms. The number of halogens is 2. The van der Waals surface area contributed by atoms with Gasteiger partial charge in [0.05, 0.1) is 19.8 Å². The van der Waals surface area contributed by atoms with Crippen molar-refractivity contribution >= 4 is 11.6 Å². The molecule has 0 aliphatic rings. The monoisotopic (exact) mass is 247 g/mol. The summed E-state index contributed by atoms with van der Waals surface area (Å²) in [6.07, 6.45) is 0. The lowest BCUT2D eigenvalue weighted by molar-refractivity contribution is 0.0938. The quantitative estimate of drug-likeness (QED) is 0.719. The second-order valence-electron chi connectivity index (χ2n) is 3.25. The average molecular weight is 248 g/mol. The van der Waals surface area contributed by atoms with E-state index in [1.807, 2.05) is 0 Å². The molecule has 0 spiro atoms. The molecule has 3 nitrogen and oxygen atoms in total. The van der Waals surface area contributed by atoms with Gasteiger partial charge in [0.25, 0.3) is 0 Å². The summed E-state index contributed by atoms with van der Waals surface area (Å²) < 4.78 is 17.9. The molecule has 0 saturated heterocycles. The first-order chi connectivity index (χ1) is 7.74. The molecule has 0 bridgehead atoms. The van der Waals surface area contributed by atoms with Gasteiger partial charge < -0.3 is 15.2 Å². The van der Waals surface area contributed by atoms with Gasteiger partial charge in [-0.25, -0.2) is 4.39 Å². The van der Waals surface area contributed by atoms with Crippen LogP contribution in [0.2, 0.25) is 5.02 Å². The summed E-state index contributed by atoms with van der Waals surface area (Å²) in [5.41, 5.74) is 0.726. The zero-order valence-electron chi connectivity index (χ0n) is 8.88. The van der Waals surface area contributed by atoms with E-state index < -0.39 is 0 Å². The Balaban J connectivity index is 2.23. The van der Waals surface area contributed by atoms with Crippen LogP contribution in [0.15, 0.2) is 18.2 Å². The first-order valence-electron chi connectivity index (χ1n) is 5.07. The van der Waals surface area contributed by atoms with Crippen LogP contribution in [0.4, 0.5) is 4.39 Å². The average Bonchev–Trinajstić information content (AvgIpc) is 2.28. The van der Waals surface area contributed by atoms with Crippen molar-refractivity contribution in [3.05, 3.63) is 34.6 Å². The van der Waals surface area contributed by atoms with E-state index in [1.54, 1.807) is 0 Å². The highest BCUT2D eigenvalue weighted by Crippen LogP contribution is 2.16. The molecule has 0 aliphatic carbocycles. The largest absolute Gasteiger partial charge is 0.394 e. The van der Waals surface area contributed by atoms with Crippen molar-refractivity contribution in [3.63, 3.8) is 0 Å². The molecule has 0 unspecified atom stereocenters. The van der Waals surface area contributed by atoms with Crippen LogP contribution >= 0.6 is 11.6 Å². The predicted molar refractivity (Wildman–Crippen MR) is 61.0 cm³/mol. The third kappa shape index (κ3) is 4.90. The number of rotatable bonds is 7. The summed E-state index contributed by atoms with van der Waals surface area (Å²) >= 11 is 5.89. The van der Waals surface area contributed by atoms with E-state index in [2.05, 4.69) is 5.32 Å². The van der Waals surface area contributed by atoms with Crippen LogP contribution in [0.1, 0.15) is 5.56 Å². The van der Waals surface area contributed by atoms with Crippen LogP contribution < -0.4 is 5.32 Å². The number of hydrogen-bond acceptors (Lipinski definition) is 3. The molecule has 5 heteroatoms. The maximum atomic E-state index is 12.9. The van der Waals surface area contributed by atoms with E-state index >= 15 is 0 Å². The fraction of sp³-hybridized carbons (Fsp3) is 0.455. The normalized spacial score (nSPS) is 10.7. The van der Waals surface area contributed by atoms with Crippen molar-refractivity contribution in [2.45, 2.75) is 6.54 Å². The van der Waals surface area contributed by atoms with Gasteiger partial charge in [-0.2, -0.15) is 0 Å². The van der Waals surface area contributed by atoms with Gasteiger partial charge in [-0.3, -0.25) is 0 Å². The van der Waals surface area contributed by atoms with E-state index in [4.69, 9.17) is 21.4 Å². The van der Waals surface area contributed by atoms with Gasteiger partial charge in [-0.1, -0.05) is 11.6 Å². The van der Waals surface area contributed by atoms with Gasteiger partial charge in [0, 0.05) is 18.1 Å². The molecule has 0 heterocycles. The Morgan fingerprint density at radius 3 is 2.94 bits per heavy atom. The minimum Gasteiger partial charge on any atom is -0.394 e. The highest BCUT2D eigenvalue weighted by Gasteiger charge is 2.01. The summed E-state index contributed by atoms with van der Waals surface area (Å²) in [5, 5.41) is 12.1. The Hall–Kier alpha value is -0.680. The molecule has 0 radical (unpaired) electrons. The molecule has 0 saturated carbocycles. The van der Waals surface area contributed by atoms with Gasteiger partial charge in [-0.15, -0.1) is 0 Å². The minimum absolute atomic E-state index is 0.0235. The molecule has 2 N–H and O–H groups in total. The summed E-state index contributed by atoms with van der Waals surface area (Å²) in [7, 11) is 0. The van der Waals surface area contributed by atoms with E-state index in [0.717, 1.165) is 5.56 Å². The zero-order chi connectivity index (χ0) is 11.8. The van der Waals surface area contributed by atoms with Crippen molar-refractivity contribution in [1.29, 1.82) is 0 Å². The molecular formula is C11H15ClFNO2. The minimum atomic E-state index is -0.294. The number of hydrogen-bond donors (Lipinski definition) is 2. The van der Waals surface area contributed by atoms with Gasteiger partial charge in [0.1, 0.15) is 5.82 Å². The molecule has 0 aliphatic heterocycles. The number of benzene rings is 1. The number of aliphatic hydroxyl groups is 1. The maximum absolute atomic E-state index is 12.9. The molecule has 1 rings (SSSR count). The highest BCUT2D eigenvalue weighted by molar-refractivity contribution is 6.31. The Labute approximate surface area is 99.2 Å². The van der Waals surface area contributed by atoms with Crippen molar-refractivity contribution in [2.24, 2.45) is 0 Å². The molecule has 0 fully saturated rings. The van der Waals surface area contributed by atoms with Crippen LogP contribution in [0.5, 0.6) is 0 Å². The number of nitrogens with one attached hydrogen (secondary N) is 1. The predicted octanol–water partition coefficient (Wildman–Crippen LogP) is 1.58. The molecule has 90 valence electrons. The Morgan fingerprint density at radius 1 is 1.38 bits per heavy atom. The molecule has 1 aromatic carbocycles. The Kier molecular flexibility index (Phi) is 6.33. The summed E-state index contributed by atoms with van der Waals surface area (Å²) in [6, 6.07) is 4.27. The van der Waals surface area contributed by atoms with Crippen LogP contribution in [0.25, 0.3) is 0 Å². The fourth-order valence-corrected chi connectivity index (χ4v) is 1.40. The topological polar surface area (TPSA) is 41.5 Å². The standard InChI is InChI=1S/C11H15ClFNO2/c12-11-2-1-10(13)7-9(11)8-14-3-5-16-6-4-15/h1-2,7,14-15H,3-6,8H2. The Bertz CT molecular complexity index is 323. The van der Waals surface area contributed by atoms with Crippen LogP contribution in [-0.4, -0.2) is 31.5 Å². The van der Waals surface area contributed by atoms with E-state index in [1.165, 1.54) is 18.2 Å². The molecule has 0 aromatic heterocycles. The van der Waals surface area contributed by atoms with Crippen molar-refractivity contribution < 1.29 is 14.2 Å². The third-order valence-corrected chi connectivity index (χ3v) is 2.35. The summed E-state index contributed by atoms with van der Waals surface area (Å²) in [4.78, 5) is 0. The van der Waals surface area contributed by atoms with Crippen molar-refractivity contribution in [1.82, 2.24) is 5.32 Å². The van der Waals surface area contributed by atoms with Gasteiger partial charge in [-0.05, 0) is 23.8 Å². The van der Waals surface area contributed by atoms with Crippen LogP contribution in [0, 0.1) is 5.82 Å². The lowest BCUT2D eigenvalue weighted by atomic mass is 10.2. The first-order valence-corrected chi connectivity index (χ1v) is 5.45. The first kappa shape index (κ1) is 13.4. The lowest BCUT2D eigenvalue weighted by Crippen LogP contribution is -2.20. The zero-order valence-corrected chi connectivity index (χ0v) is 9.63. The summed E-state index contributed by atoms with van der Waals surface area (Å²) in [5.74, 6) is -0.294. The van der Waals surface area contributed by atoms with E-state index in [9.17, 15) is 4.39 Å². The second-order valence-corrected chi connectivity index (χ2v) is 3.66. The summed E-state index contributed by atoms with van der Waals surface area (Å²) in [6.45, 7) is 2.00. The van der Waals surface area contributed by atoms with Gasteiger partial charge in [0.2, 0.25) is 0 Å². The van der Waals surface area contributed by atoms with E-state index in [0.29, 0.717) is 31.3 Å². The Morgan fingerprint density at radius 2 is 2.19 bits per heavy atom.